The molecule has 0 N–H and O–H groups in total. The summed E-state index contributed by atoms with van der Waals surface area (Å²) in [6.45, 7) is 4.46. The molecule has 0 amide bonds. The number of hydrogen-bond acceptors (Lipinski definition) is 1. The fourth-order valence-corrected chi connectivity index (χ4v) is 2.48. The van der Waals surface area contributed by atoms with Crippen LogP contribution in [0.4, 0.5) is 8.78 Å². The monoisotopic (exact) mass is 259 g/mol. The van der Waals surface area contributed by atoms with E-state index in [1.54, 1.807) is 0 Å². The minimum absolute atomic E-state index is 0.218. The van der Waals surface area contributed by atoms with Gasteiger partial charge in [-0.2, -0.15) is 0 Å². The molecule has 94 valence electrons. The van der Waals surface area contributed by atoms with Gasteiger partial charge in [0.15, 0.2) is 0 Å². The molecule has 17 heavy (non-hydrogen) atoms. The lowest BCUT2D eigenvalue weighted by Gasteiger charge is -2.34. The zero-order valence-electron chi connectivity index (χ0n) is 9.80. The third-order valence-corrected chi connectivity index (χ3v) is 3.86. The van der Waals surface area contributed by atoms with Gasteiger partial charge in [0, 0.05) is 24.5 Å². The second-order valence-corrected chi connectivity index (χ2v) is 5.36. The molecule has 0 aliphatic carbocycles. The van der Waals surface area contributed by atoms with E-state index >= 15 is 0 Å². The first-order valence-electron chi connectivity index (χ1n) is 5.86. The lowest BCUT2D eigenvalue weighted by Crippen LogP contribution is -2.39. The Labute approximate surface area is 105 Å². The van der Waals surface area contributed by atoms with Crippen molar-refractivity contribution in [1.82, 2.24) is 4.90 Å². The Kier molecular flexibility index (Phi) is 4.00. The van der Waals surface area contributed by atoms with Crippen molar-refractivity contribution in [3.8, 4) is 0 Å². The number of rotatable bonds is 2. The normalized spacial score (nSPS) is 26.1. The quantitative estimate of drug-likeness (QED) is 0.736. The molecule has 4 heteroatoms. The minimum atomic E-state index is -0.514. The molecule has 2 unspecified atom stereocenters. The van der Waals surface area contributed by atoms with Crippen molar-refractivity contribution >= 4 is 11.6 Å². The van der Waals surface area contributed by atoms with Gasteiger partial charge in [-0.15, -0.1) is 11.6 Å². The maximum atomic E-state index is 13.0. The van der Waals surface area contributed by atoms with E-state index in [1.807, 2.05) is 0 Å². The summed E-state index contributed by atoms with van der Waals surface area (Å²) in [5, 5.41) is 0.218. The van der Waals surface area contributed by atoms with Crippen LogP contribution in [0.1, 0.15) is 18.9 Å². The Bertz CT molecular complexity index is 377. The van der Waals surface area contributed by atoms with Crippen LogP contribution in [0.25, 0.3) is 0 Å². The number of likely N-dealkylation sites (tertiary alicyclic amines) is 1. The van der Waals surface area contributed by atoms with Gasteiger partial charge in [0.2, 0.25) is 0 Å². The lowest BCUT2D eigenvalue weighted by atomic mass is 9.99. The number of halogens is 3. The standard InChI is InChI=1S/C13H16ClF2N/c1-9-7-17(3-2-13(9)14)8-10-4-11(15)6-12(16)5-10/h4-6,9,13H,2-3,7-8H2,1H3. The van der Waals surface area contributed by atoms with Gasteiger partial charge in [-0.1, -0.05) is 6.92 Å². The van der Waals surface area contributed by atoms with Crippen LogP contribution in [0.5, 0.6) is 0 Å². The summed E-state index contributed by atoms with van der Waals surface area (Å²) in [7, 11) is 0. The van der Waals surface area contributed by atoms with Crippen molar-refractivity contribution in [2.75, 3.05) is 13.1 Å². The maximum Gasteiger partial charge on any atom is 0.126 e. The fourth-order valence-electron chi connectivity index (χ4n) is 2.31. The van der Waals surface area contributed by atoms with Crippen LogP contribution in [0.15, 0.2) is 18.2 Å². The Morgan fingerprint density at radius 3 is 2.53 bits per heavy atom. The molecule has 1 nitrogen and oxygen atoms in total. The first-order chi connectivity index (χ1) is 8.04. The predicted octanol–water partition coefficient (Wildman–Crippen LogP) is 3.41. The van der Waals surface area contributed by atoms with Gasteiger partial charge >= 0.3 is 0 Å². The minimum Gasteiger partial charge on any atom is -0.299 e. The van der Waals surface area contributed by atoms with Crippen molar-refractivity contribution < 1.29 is 8.78 Å². The van der Waals surface area contributed by atoms with E-state index in [0.29, 0.717) is 18.0 Å². The van der Waals surface area contributed by atoms with Gasteiger partial charge < -0.3 is 0 Å². The molecule has 1 aromatic rings. The van der Waals surface area contributed by atoms with E-state index < -0.39 is 11.6 Å². The van der Waals surface area contributed by atoms with Crippen LogP contribution in [0.2, 0.25) is 0 Å². The van der Waals surface area contributed by atoms with Gasteiger partial charge in [0.25, 0.3) is 0 Å². The van der Waals surface area contributed by atoms with E-state index in [2.05, 4.69) is 11.8 Å². The summed E-state index contributed by atoms with van der Waals surface area (Å²) in [4.78, 5) is 2.19. The third-order valence-electron chi connectivity index (χ3n) is 3.21. The Morgan fingerprint density at radius 1 is 1.29 bits per heavy atom. The average molecular weight is 260 g/mol. The molecule has 2 rings (SSSR count). The Hall–Kier alpha value is -0.670. The van der Waals surface area contributed by atoms with E-state index in [0.717, 1.165) is 25.6 Å². The van der Waals surface area contributed by atoms with Gasteiger partial charge in [0.1, 0.15) is 11.6 Å². The molecule has 1 aromatic carbocycles. The van der Waals surface area contributed by atoms with Crippen molar-refractivity contribution in [3.05, 3.63) is 35.4 Å². The number of piperidine rings is 1. The summed E-state index contributed by atoms with van der Waals surface area (Å²) in [5.74, 6) is -0.607. The number of benzene rings is 1. The highest BCUT2D eigenvalue weighted by molar-refractivity contribution is 6.20. The molecular weight excluding hydrogens is 244 g/mol. The van der Waals surface area contributed by atoms with Crippen LogP contribution >= 0.6 is 11.6 Å². The van der Waals surface area contributed by atoms with Crippen LogP contribution in [0.3, 0.4) is 0 Å². The topological polar surface area (TPSA) is 3.24 Å². The summed E-state index contributed by atoms with van der Waals surface area (Å²) in [6.07, 6.45) is 0.931. The fraction of sp³-hybridized carbons (Fsp3) is 0.538. The van der Waals surface area contributed by atoms with E-state index in [9.17, 15) is 8.78 Å². The zero-order valence-corrected chi connectivity index (χ0v) is 10.6. The first kappa shape index (κ1) is 12.8. The smallest absolute Gasteiger partial charge is 0.126 e. The molecule has 1 aliphatic heterocycles. The van der Waals surface area contributed by atoms with Crippen molar-refractivity contribution in [3.63, 3.8) is 0 Å². The molecule has 2 atom stereocenters. The second-order valence-electron chi connectivity index (χ2n) is 4.79. The SMILES string of the molecule is CC1CN(Cc2cc(F)cc(F)c2)CCC1Cl. The highest BCUT2D eigenvalue weighted by Gasteiger charge is 2.24. The van der Waals surface area contributed by atoms with Crippen LogP contribution < -0.4 is 0 Å². The maximum absolute atomic E-state index is 13.0. The predicted molar refractivity (Wildman–Crippen MR) is 65.1 cm³/mol. The van der Waals surface area contributed by atoms with Crippen molar-refractivity contribution in [1.29, 1.82) is 0 Å². The van der Waals surface area contributed by atoms with Crippen molar-refractivity contribution in [2.45, 2.75) is 25.3 Å². The largest absolute Gasteiger partial charge is 0.299 e. The molecule has 1 heterocycles. The molecule has 1 fully saturated rings. The summed E-state index contributed by atoms with van der Waals surface area (Å²) >= 11 is 6.14. The first-order valence-corrected chi connectivity index (χ1v) is 6.29. The molecule has 0 spiro atoms. The summed E-state index contributed by atoms with van der Waals surface area (Å²) in [6, 6.07) is 3.68. The molecule has 0 aromatic heterocycles. The van der Waals surface area contributed by atoms with Crippen LogP contribution in [-0.2, 0) is 6.54 Å². The van der Waals surface area contributed by atoms with Gasteiger partial charge in [-0.25, -0.2) is 8.78 Å². The molecule has 1 saturated heterocycles. The van der Waals surface area contributed by atoms with E-state index in [4.69, 9.17) is 11.6 Å². The highest BCUT2D eigenvalue weighted by atomic mass is 35.5. The van der Waals surface area contributed by atoms with E-state index in [1.165, 1.54) is 12.1 Å². The van der Waals surface area contributed by atoms with Gasteiger partial charge in [-0.3, -0.25) is 4.90 Å². The zero-order chi connectivity index (χ0) is 12.4. The van der Waals surface area contributed by atoms with Gasteiger partial charge in [-0.05, 0) is 36.6 Å². The summed E-state index contributed by atoms with van der Waals surface area (Å²) in [5.41, 5.74) is 0.683. The number of hydrogen-bond donors (Lipinski definition) is 0. The highest BCUT2D eigenvalue weighted by Crippen LogP contribution is 2.23. The number of alkyl halides is 1. The summed E-state index contributed by atoms with van der Waals surface area (Å²) < 4.78 is 26.1. The molecular formula is C13H16ClF2N. The third kappa shape index (κ3) is 3.39. The van der Waals surface area contributed by atoms with Crippen LogP contribution in [-0.4, -0.2) is 23.4 Å². The molecule has 0 radical (unpaired) electrons. The Balaban J connectivity index is 2.01. The Morgan fingerprint density at radius 2 is 1.94 bits per heavy atom. The lowest BCUT2D eigenvalue weighted by molar-refractivity contribution is 0.179. The van der Waals surface area contributed by atoms with Gasteiger partial charge in [0.05, 0.1) is 0 Å². The molecule has 0 bridgehead atoms. The van der Waals surface area contributed by atoms with E-state index in [-0.39, 0.29) is 5.38 Å². The van der Waals surface area contributed by atoms with Crippen molar-refractivity contribution in [2.24, 2.45) is 5.92 Å². The molecule has 1 aliphatic rings. The molecule has 0 saturated carbocycles. The number of nitrogens with zero attached hydrogens (tertiary/aromatic N) is 1. The average Bonchev–Trinajstić information content (AvgIpc) is 2.22. The second kappa shape index (κ2) is 5.32. The van der Waals surface area contributed by atoms with Crippen LogP contribution in [0, 0.1) is 17.6 Å².